The van der Waals surface area contributed by atoms with Crippen LogP contribution in [0.4, 0.5) is 11.4 Å². The van der Waals surface area contributed by atoms with E-state index in [0.29, 0.717) is 5.69 Å². The lowest BCUT2D eigenvalue weighted by Crippen LogP contribution is -2.03. The minimum atomic E-state index is 0.709. The maximum atomic E-state index is 6.13. The lowest BCUT2D eigenvalue weighted by atomic mass is 10.1. The van der Waals surface area contributed by atoms with Crippen molar-refractivity contribution in [1.29, 1.82) is 0 Å². The van der Waals surface area contributed by atoms with Gasteiger partial charge in [0.05, 0.1) is 11.4 Å². The molecule has 2 nitrogen and oxygen atoms in total. The molecule has 1 aromatic carbocycles. The highest BCUT2D eigenvalue weighted by molar-refractivity contribution is 7.13. The van der Waals surface area contributed by atoms with Gasteiger partial charge in [-0.3, -0.25) is 0 Å². The Morgan fingerprint density at radius 1 is 1.11 bits per heavy atom. The summed E-state index contributed by atoms with van der Waals surface area (Å²) in [6, 6.07) is 10.2. The van der Waals surface area contributed by atoms with Gasteiger partial charge in [0.25, 0.3) is 0 Å². The van der Waals surface area contributed by atoms with Crippen molar-refractivity contribution in [3.63, 3.8) is 0 Å². The van der Waals surface area contributed by atoms with Crippen molar-refractivity contribution >= 4 is 22.7 Å². The topological polar surface area (TPSA) is 38.0 Å². The van der Waals surface area contributed by atoms with Gasteiger partial charge in [0, 0.05) is 10.6 Å². The summed E-state index contributed by atoms with van der Waals surface area (Å²) in [5, 5.41) is 5.42. The number of anilines is 2. The number of hydrogen-bond donors (Lipinski definition) is 2. The molecule has 150 valence electrons. The molecule has 2 aromatic rings. The second-order valence-electron chi connectivity index (χ2n) is 6.49. The molecule has 0 fully saturated rings. The van der Waals surface area contributed by atoms with Gasteiger partial charge in [-0.15, -0.1) is 11.3 Å². The van der Waals surface area contributed by atoms with Crippen LogP contribution in [0, 0.1) is 0 Å². The summed E-state index contributed by atoms with van der Waals surface area (Å²) < 4.78 is 0. The number of rotatable bonds is 7. The van der Waals surface area contributed by atoms with E-state index in [1.807, 2.05) is 32.1 Å². The van der Waals surface area contributed by atoms with E-state index in [2.05, 4.69) is 74.5 Å². The largest absolute Gasteiger partial charge is 0.397 e. The number of allylic oxidation sites excluding steroid dienone is 5. The van der Waals surface area contributed by atoms with Crippen molar-refractivity contribution in [2.75, 3.05) is 11.1 Å². The average molecular weight is 395 g/mol. The molecule has 0 aliphatic carbocycles. The van der Waals surface area contributed by atoms with Crippen LogP contribution in [-0.2, 0) is 0 Å². The smallest absolute Gasteiger partial charge is 0.0624 e. The molecule has 0 aliphatic heterocycles. The third kappa shape index (κ3) is 7.61. The molecule has 3 N–H and O–H groups in total. The standard InChI is InChI=1S/C21H24N2S.C4H10/c1-5-15(3)9-10-17(6-2)16(4)23-20-14-18(11-12-19(20)22)21-8-7-13-24-21;1-3-4-2/h5-14,23H,4,22H2,1-3H3;3-4H2,1-2H3/b10-9-,15-5-,17-6+;. The quantitative estimate of drug-likeness (QED) is 0.367. The molecule has 28 heavy (non-hydrogen) atoms. The highest BCUT2D eigenvalue weighted by Crippen LogP contribution is 2.31. The van der Waals surface area contributed by atoms with Crippen LogP contribution in [0.25, 0.3) is 10.4 Å². The summed E-state index contributed by atoms with van der Waals surface area (Å²) in [7, 11) is 0. The van der Waals surface area contributed by atoms with E-state index in [4.69, 9.17) is 5.73 Å². The molecule has 0 bridgehead atoms. The fourth-order valence-corrected chi connectivity index (χ4v) is 2.91. The Balaban J connectivity index is 0.000000892. The van der Waals surface area contributed by atoms with E-state index in [9.17, 15) is 0 Å². The van der Waals surface area contributed by atoms with Crippen molar-refractivity contribution in [3.05, 3.63) is 83.4 Å². The summed E-state index contributed by atoms with van der Waals surface area (Å²) in [6.45, 7) is 14.6. The van der Waals surface area contributed by atoms with Gasteiger partial charge in [-0.1, -0.05) is 75.3 Å². The summed E-state index contributed by atoms with van der Waals surface area (Å²) in [5.41, 5.74) is 11.9. The second-order valence-corrected chi connectivity index (χ2v) is 7.44. The maximum absolute atomic E-state index is 6.13. The average Bonchev–Trinajstić information content (AvgIpc) is 3.25. The first kappa shape index (κ1) is 23.5. The number of nitrogen functional groups attached to an aromatic ring is 1. The third-order valence-electron chi connectivity index (χ3n) is 4.29. The van der Waals surface area contributed by atoms with Gasteiger partial charge in [0.15, 0.2) is 0 Å². The first-order valence-electron chi connectivity index (χ1n) is 9.83. The molecule has 0 radical (unpaired) electrons. The van der Waals surface area contributed by atoms with Crippen molar-refractivity contribution in [3.8, 4) is 10.4 Å². The minimum absolute atomic E-state index is 0.709. The zero-order chi connectivity index (χ0) is 20.9. The molecule has 2 rings (SSSR count). The number of hydrogen-bond acceptors (Lipinski definition) is 3. The summed E-state index contributed by atoms with van der Waals surface area (Å²) in [6.07, 6.45) is 10.9. The summed E-state index contributed by atoms with van der Waals surface area (Å²) in [5.74, 6) is 0. The molecule has 1 aromatic heterocycles. The SMILES string of the molecule is C=C(Nc1cc(-c2cccs2)ccc1N)C(/C=C\C(C)=C/C)=C/C.CCCC. The Labute approximate surface area is 175 Å². The maximum Gasteiger partial charge on any atom is 0.0624 e. The third-order valence-corrected chi connectivity index (χ3v) is 5.20. The Morgan fingerprint density at radius 3 is 2.36 bits per heavy atom. The lowest BCUT2D eigenvalue weighted by Gasteiger charge is -2.14. The zero-order valence-corrected chi connectivity index (χ0v) is 18.7. The second kappa shape index (κ2) is 12.8. The predicted molar refractivity (Wildman–Crippen MR) is 130 cm³/mol. The van der Waals surface area contributed by atoms with Gasteiger partial charge in [-0.2, -0.15) is 0 Å². The highest BCUT2D eigenvalue weighted by atomic mass is 32.1. The Hall–Kier alpha value is -2.52. The molecule has 1 heterocycles. The van der Waals surface area contributed by atoms with Gasteiger partial charge < -0.3 is 11.1 Å². The summed E-state index contributed by atoms with van der Waals surface area (Å²) in [4.78, 5) is 1.22. The number of unbranched alkanes of at least 4 members (excludes halogenated alkanes) is 1. The Bertz CT molecular complexity index is 822. The molecular formula is C25H34N2S. The van der Waals surface area contributed by atoms with E-state index < -0.39 is 0 Å². The first-order chi connectivity index (χ1) is 13.5. The summed E-state index contributed by atoms with van der Waals surface area (Å²) >= 11 is 1.71. The molecule has 0 atom stereocenters. The normalized spacial score (nSPS) is 11.9. The van der Waals surface area contributed by atoms with Crippen molar-refractivity contribution in [2.45, 2.75) is 47.5 Å². The molecule has 3 heteroatoms. The van der Waals surface area contributed by atoms with E-state index in [-0.39, 0.29) is 0 Å². The molecule has 0 saturated carbocycles. The van der Waals surface area contributed by atoms with E-state index >= 15 is 0 Å². The molecule has 0 unspecified atom stereocenters. The monoisotopic (exact) mass is 394 g/mol. The highest BCUT2D eigenvalue weighted by Gasteiger charge is 2.06. The molecule has 0 saturated heterocycles. The van der Waals surface area contributed by atoms with Gasteiger partial charge in [-0.25, -0.2) is 0 Å². The fourth-order valence-electron chi connectivity index (χ4n) is 2.18. The number of thiophene rings is 1. The van der Waals surface area contributed by atoms with Crippen LogP contribution in [0.1, 0.15) is 47.5 Å². The Morgan fingerprint density at radius 2 is 1.82 bits per heavy atom. The van der Waals surface area contributed by atoms with Crippen LogP contribution >= 0.6 is 11.3 Å². The van der Waals surface area contributed by atoms with Gasteiger partial charge in [-0.05, 0) is 55.5 Å². The van der Waals surface area contributed by atoms with E-state index in [1.54, 1.807) is 11.3 Å². The number of nitrogens with one attached hydrogen (secondary N) is 1. The van der Waals surface area contributed by atoms with E-state index in [1.165, 1.54) is 23.3 Å². The van der Waals surface area contributed by atoms with Crippen LogP contribution in [-0.4, -0.2) is 0 Å². The molecule has 0 amide bonds. The van der Waals surface area contributed by atoms with Crippen LogP contribution in [0.2, 0.25) is 0 Å². The van der Waals surface area contributed by atoms with Crippen LogP contribution < -0.4 is 11.1 Å². The fraction of sp³-hybridized carbons (Fsp3) is 0.280. The van der Waals surface area contributed by atoms with E-state index in [0.717, 1.165) is 22.5 Å². The predicted octanol–water partition coefficient (Wildman–Crippen LogP) is 8.20. The number of nitrogens with two attached hydrogens (primary N) is 1. The number of benzene rings is 1. The molecule has 0 aliphatic rings. The van der Waals surface area contributed by atoms with Crippen LogP contribution in [0.5, 0.6) is 0 Å². The zero-order valence-electron chi connectivity index (χ0n) is 17.9. The van der Waals surface area contributed by atoms with Crippen molar-refractivity contribution in [2.24, 2.45) is 0 Å². The molecule has 0 spiro atoms. The first-order valence-corrected chi connectivity index (χ1v) is 10.7. The van der Waals surface area contributed by atoms with Gasteiger partial charge in [0.1, 0.15) is 0 Å². The minimum Gasteiger partial charge on any atom is -0.397 e. The molecular weight excluding hydrogens is 360 g/mol. The van der Waals surface area contributed by atoms with Gasteiger partial charge >= 0.3 is 0 Å². The van der Waals surface area contributed by atoms with Crippen molar-refractivity contribution in [1.82, 2.24) is 0 Å². The van der Waals surface area contributed by atoms with Crippen molar-refractivity contribution < 1.29 is 0 Å². The van der Waals surface area contributed by atoms with Crippen LogP contribution in [0.3, 0.4) is 0 Å². The van der Waals surface area contributed by atoms with Crippen LogP contribution in [0.15, 0.2) is 83.4 Å². The Kier molecular flexibility index (Phi) is 10.7. The van der Waals surface area contributed by atoms with Gasteiger partial charge in [0.2, 0.25) is 0 Å². The lowest BCUT2D eigenvalue weighted by molar-refractivity contribution is 0.886.